The number of unbranched alkanes of at least 4 members (excludes halogenated alkanes) is 51. The van der Waals surface area contributed by atoms with Crippen molar-refractivity contribution >= 4 is 17.9 Å². The molecule has 0 saturated heterocycles. The second-order valence-corrected chi connectivity index (χ2v) is 24.2. The summed E-state index contributed by atoms with van der Waals surface area (Å²) in [4.78, 5) is 38.3. The normalized spacial score (nSPS) is 12.1. The smallest absolute Gasteiger partial charge is 0.306 e. The maximum absolute atomic E-state index is 12.9. The summed E-state index contributed by atoms with van der Waals surface area (Å²) in [5, 5.41) is 0. The second-order valence-electron chi connectivity index (χ2n) is 24.2. The van der Waals surface area contributed by atoms with E-state index in [1.807, 2.05) is 0 Å². The third-order valence-electron chi connectivity index (χ3n) is 16.2. The lowest BCUT2D eigenvalue weighted by molar-refractivity contribution is -0.167. The van der Waals surface area contributed by atoms with Crippen molar-refractivity contribution in [3.63, 3.8) is 0 Å². The van der Waals surface area contributed by atoms with Gasteiger partial charge < -0.3 is 14.2 Å². The highest BCUT2D eigenvalue weighted by Gasteiger charge is 2.19. The van der Waals surface area contributed by atoms with Gasteiger partial charge in [-0.1, -0.05) is 353 Å². The molecule has 0 aliphatic rings. The fraction of sp³-hybridized carbons (Fsp3) is 0.903. The van der Waals surface area contributed by atoms with Gasteiger partial charge >= 0.3 is 17.9 Å². The third kappa shape index (κ3) is 64.7. The highest BCUT2D eigenvalue weighted by Crippen LogP contribution is 2.19. The summed E-state index contributed by atoms with van der Waals surface area (Å²) in [6, 6.07) is 0. The van der Waals surface area contributed by atoms with Gasteiger partial charge in [-0.25, -0.2) is 0 Å². The molecule has 6 nitrogen and oxygen atoms in total. The number of carbonyl (C=O) groups is 3. The van der Waals surface area contributed by atoms with Crippen LogP contribution >= 0.6 is 0 Å². The molecule has 0 saturated carbocycles. The number of rotatable bonds is 66. The first-order chi connectivity index (χ1) is 38.5. The first-order valence-electron chi connectivity index (χ1n) is 35.3. The van der Waals surface area contributed by atoms with Gasteiger partial charge in [0.2, 0.25) is 0 Å². The number of carbonyl (C=O) groups excluding carboxylic acids is 3. The molecule has 460 valence electrons. The average molecular weight is 1100 g/mol. The standard InChI is InChI=1S/C72H136O6/c1-4-7-10-13-16-19-22-24-26-28-29-30-31-32-33-34-35-36-37-38-39-40-41-42-43-44-46-47-50-53-56-59-62-65-71(74)77-68-69(67-76-70(73)64-61-58-55-52-49-21-18-15-12-9-6-3)78-72(75)66-63-60-57-54-51-48-45-27-25-23-20-17-14-11-8-5-2/h22,24,28-29,69H,4-21,23,25-27,30-68H2,1-3H3/b24-22-,29-28-. The molecule has 1 unspecified atom stereocenters. The van der Waals surface area contributed by atoms with Crippen molar-refractivity contribution in [2.45, 2.75) is 406 Å². The van der Waals surface area contributed by atoms with Crippen LogP contribution < -0.4 is 0 Å². The van der Waals surface area contributed by atoms with Crippen molar-refractivity contribution in [2.24, 2.45) is 0 Å². The first kappa shape index (κ1) is 75.9. The van der Waals surface area contributed by atoms with Crippen molar-refractivity contribution in [3.8, 4) is 0 Å². The molecule has 0 N–H and O–H groups in total. The van der Waals surface area contributed by atoms with E-state index in [4.69, 9.17) is 14.2 Å². The van der Waals surface area contributed by atoms with E-state index in [0.29, 0.717) is 19.3 Å². The summed E-state index contributed by atoms with van der Waals surface area (Å²) in [5.41, 5.74) is 0. The third-order valence-corrected chi connectivity index (χ3v) is 16.2. The van der Waals surface area contributed by atoms with Gasteiger partial charge in [-0.3, -0.25) is 14.4 Å². The molecule has 1 atom stereocenters. The largest absolute Gasteiger partial charge is 0.462 e. The van der Waals surface area contributed by atoms with Gasteiger partial charge in [-0.05, 0) is 51.4 Å². The molecule has 0 aromatic heterocycles. The summed E-state index contributed by atoms with van der Waals surface area (Å²) in [6.07, 6.45) is 82.2. The Kier molecular flexibility index (Phi) is 65.6. The van der Waals surface area contributed by atoms with Crippen molar-refractivity contribution < 1.29 is 28.6 Å². The Morgan fingerprint density at radius 1 is 0.256 bits per heavy atom. The number of allylic oxidation sites excluding steroid dienone is 4. The van der Waals surface area contributed by atoms with Crippen molar-refractivity contribution in [3.05, 3.63) is 24.3 Å². The fourth-order valence-electron chi connectivity index (χ4n) is 10.9. The Balaban J connectivity index is 4.04. The van der Waals surface area contributed by atoms with Crippen LogP contribution in [0.3, 0.4) is 0 Å². The molecule has 0 rings (SSSR count). The van der Waals surface area contributed by atoms with E-state index in [1.165, 1.54) is 295 Å². The van der Waals surface area contributed by atoms with Crippen LogP contribution in [0.1, 0.15) is 400 Å². The quantitative estimate of drug-likeness (QED) is 0.0261. The Hall–Kier alpha value is -2.11. The maximum Gasteiger partial charge on any atom is 0.306 e. The van der Waals surface area contributed by atoms with Crippen LogP contribution in [-0.2, 0) is 28.6 Å². The number of hydrogen-bond acceptors (Lipinski definition) is 6. The molecule has 0 radical (unpaired) electrons. The first-order valence-corrected chi connectivity index (χ1v) is 35.3. The minimum absolute atomic E-state index is 0.0630. The molecule has 0 aromatic carbocycles. The zero-order valence-electron chi connectivity index (χ0n) is 53.0. The van der Waals surface area contributed by atoms with Crippen LogP contribution in [0.4, 0.5) is 0 Å². The molecule has 78 heavy (non-hydrogen) atoms. The molecular formula is C72H136O6. The van der Waals surface area contributed by atoms with Gasteiger partial charge in [-0.15, -0.1) is 0 Å². The summed E-state index contributed by atoms with van der Waals surface area (Å²) in [6.45, 7) is 6.70. The molecule has 0 aromatic rings. The van der Waals surface area contributed by atoms with Gasteiger partial charge in [0.25, 0.3) is 0 Å². The molecule has 0 aliphatic heterocycles. The fourth-order valence-corrected chi connectivity index (χ4v) is 10.9. The molecule has 0 fully saturated rings. The lowest BCUT2D eigenvalue weighted by Crippen LogP contribution is -2.30. The van der Waals surface area contributed by atoms with Gasteiger partial charge in [0.15, 0.2) is 6.10 Å². The molecule has 0 aliphatic carbocycles. The minimum Gasteiger partial charge on any atom is -0.462 e. The minimum atomic E-state index is -0.764. The van der Waals surface area contributed by atoms with E-state index in [9.17, 15) is 14.4 Å². The van der Waals surface area contributed by atoms with Crippen LogP contribution in [0.2, 0.25) is 0 Å². The van der Waals surface area contributed by atoms with E-state index in [0.717, 1.165) is 64.2 Å². The second kappa shape index (κ2) is 67.4. The Labute approximate surface area is 487 Å². The van der Waals surface area contributed by atoms with E-state index < -0.39 is 6.10 Å². The van der Waals surface area contributed by atoms with Crippen molar-refractivity contribution in [2.75, 3.05) is 13.2 Å². The zero-order chi connectivity index (χ0) is 56.4. The molecule has 0 bridgehead atoms. The predicted octanol–water partition coefficient (Wildman–Crippen LogP) is 24.2. The van der Waals surface area contributed by atoms with Crippen LogP contribution in [0.5, 0.6) is 0 Å². The van der Waals surface area contributed by atoms with Crippen LogP contribution in [0, 0.1) is 0 Å². The highest BCUT2D eigenvalue weighted by molar-refractivity contribution is 5.71. The average Bonchev–Trinajstić information content (AvgIpc) is 3.44. The van der Waals surface area contributed by atoms with E-state index in [1.54, 1.807) is 0 Å². The molecule has 0 amide bonds. The molecule has 6 heteroatoms. The van der Waals surface area contributed by atoms with Gasteiger partial charge in [0.1, 0.15) is 13.2 Å². The highest BCUT2D eigenvalue weighted by atomic mass is 16.6. The van der Waals surface area contributed by atoms with Crippen molar-refractivity contribution in [1.82, 2.24) is 0 Å². The van der Waals surface area contributed by atoms with Crippen LogP contribution in [0.25, 0.3) is 0 Å². The number of ether oxygens (including phenoxy) is 3. The van der Waals surface area contributed by atoms with E-state index >= 15 is 0 Å². The monoisotopic (exact) mass is 1100 g/mol. The van der Waals surface area contributed by atoms with E-state index in [2.05, 4.69) is 45.1 Å². The topological polar surface area (TPSA) is 78.9 Å². The molecular weight excluding hydrogens is 961 g/mol. The SMILES string of the molecule is CCCCCCC/C=C\C/C=C\CCCCCCCCCCCCCCCCCCCCCCCC(=O)OCC(COC(=O)CCCCCCCCCCCCC)OC(=O)CCCCCCCCCCCCCCCCCC. The summed E-state index contributed by atoms with van der Waals surface area (Å²) in [7, 11) is 0. The Bertz CT molecular complexity index is 1260. The molecule has 0 heterocycles. The maximum atomic E-state index is 12.9. The van der Waals surface area contributed by atoms with Gasteiger partial charge in [0.05, 0.1) is 0 Å². The Morgan fingerprint density at radius 2 is 0.462 bits per heavy atom. The summed E-state index contributed by atoms with van der Waals surface area (Å²) < 4.78 is 16.9. The zero-order valence-corrected chi connectivity index (χ0v) is 53.0. The summed E-state index contributed by atoms with van der Waals surface area (Å²) in [5.74, 6) is -0.832. The van der Waals surface area contributed by atoms with Crippen LogP contribution in [0.15, 0.2) is 24.3 Å². The number of hydrogen-bond donors (Lipinski definition) is 0. The van der Waals surface area contributed by atoms with Gasteiger partial charge in [0, 0.05) is 19.3 Å². The number of esters is 3. The Morgan fingerprint density at radius 3 is 0.705 bits per heavy atom. The van der Waals surface area contributed by atoms with Crippen LogP contribution in [-0.4, -0.2) is 37.2 Å². The lowest BCUT2D eigenvalue weighted by atomic mass is 10.0. The summed E-state index contributed by atoms with van der Waals surface area (Å²) >= 11 is 0. The van der Waals surface area contributed by atoms with E-state index in [-0.39, 0.29) is 31.1 Å². The predicted molar refractivity (Wildman–Crippen MR) is 340 cm³/mol. The van der Waals surface area contributed by atoms with Gasteiger partial charge in [-0.2, -0.15) is 0 Å². The lowest BCUT2D eigenvalue weighted by Gasteiger charge is -2.18. The van der Waals surface area contributed by atoms with Crippen molar-refractivity contribution in [1.29, 1.82) is 0 Å². The molecule has 0 spiro atoms.